The molecule has 0 saturated heterocycles. The van der Waals surface area contributed by atoms with Gasteiger partial charge in [0.2, 0.25) is 0 Å². The third-order valence-electron chi connectivity index (χ3n) is 3.01. The van der Waals surface area contributed by atoms with E-state index < -0.39 is 0 Å². The topological polar surface area (TPSA) is 26.1 Å². The molecule has 15 heavy (non-hydrogen) atoms. The second-order valence-corrected chi connectivity index (χ2v) is 4.19. The molecule has 1 aromatic rings. The molecule has 2 heteroatoms. The Hall–Kier alpha value is -1.31. The Kier molecular flexibility index (Phi) is 3.38. The molecule has 2 nitrogen and oxygen atoms in total. The van der Waals surface area contributed by atoms with Crippen molar-refractivity contribution in [1.82, 2.24) is 0 Å². The zero-order valence-electron chi connectivity index (χ0n) is 8.93. The van der Waals surface area contributed by atoms with Gasteiger partial charge in [-0.2, -0.15) is 0 Å². The van der Waals surface area contributed by atoms with Crippen LogP contribution in [0.2, 0.25) is 0 Å². The van der Waals surface area contributed by atoms with Crippen molar-refractivity contribution >= 4 is 6.21 Å². The standard InChI is InChI=1S/C13H17NO/c15-14(13-9-5-2-6-10-13)11-12-7-3-1-4-8-12/h1,3-4,7-8,11,13H,2,5-6,9-10H2/b14-11+. The Morgan fingerprint density at radius 2 is 1.73 bits per heavy atom. The number of nitrogens with zero attached hydrogens (tertiary/aromatic N) is 1. The maximum Gasteiger partial charge on any atom is 0.182 e. The lowest BCUT2D eigenvalue weighted by molar-refractivity contribution is -0.500. The van der Waals surface area contributed by atoms with Crippen LogP contribution < -0.4 is 0 Å². The van der Waals surface area contributed by atoms with Gasteiger partial charge in [0.15, 0.2) is 12.3 Å². The summed E-state index contributed by atoms with van der Waals surface area (Å²) in [5, 5.41) is 11.8. The van der Waals surface area contributed by atoms with Gasteiger partial charge < -0.3 is 5.21 Å². The van der Waals surface area contributed by atoms with Crippen LogP contribution in [-0.4, -0.2) is 17.0 Å². The van der Waals surface area contributed by atoms with Gasteiger partial charge in [0.05, 0.1) is 0 Å². The van der Waals surface area contributed by atoms with Crippen molar-refractivity contribution in [2.24, 2.45) is 0 Å². The van der Waals surface area contributed by atoms with Crippen molar-refractivity contribution in [2.75, 3.05) is 0 Å². The van der Waals surface area contributed by atoms with Crippen molar-refractivity contribution in [3.05, 3.63) is 41.1 Å². The van der Waals surface area contributed by atoms with E-state index in [-0.39, 0.29) is 6.04 Å². The molecule has 0 amide bonds. The SMILES string of the molecule is [O-]/[N+](=C/c1ccccc1)C1CCCCC1. The largest absolute Gasteiger partial charge is 0.624 e. The molecule has 0 aliphatic heterocycles. The van der Waals surface area contributed by atoms with Crippen molar-refractivity contribution in [2.45, 2.75) is 38.1 Å². The molecule has 0 unspecified atom stereocenters. The fourth-order valence-corrected chi connectivity index (χ4v) is 2.13. The predicted molar refractivity (Wildman–Crippen MR) is 62.1 cm³/mol. The fourth-order valence-electron chi connectivity index (χ4n) is 2.13. The Morgan fingerprint density at radius 1 is 1.07 bits per heavy atom. The van der Waals surface area contributed by atoms with Crippen LogP contribution in [-0.2, 0) is 0 Å². The molecule has 1 aliphatic carbocycles. The number of rotatable bonds is 2. The first-order chi connectivity index (χ1) is 7.36. The summed E-state index contributed by atoms with van der Waals surface area (Å²) in [6, 6.07) is 10.0. The maximum absolute atomic E-state index is 11.8. The van der Waals surface area contributed by atoms with Crippen molar-refractivity contribution in [3.63, 3.8) is 0 Å². The van der Waals surface area contributed by atoms with Gasteiger partial charge in [-0.15, -0.1) is 0 Å². The van der Waals surface area contributed by atoms with Gasteiger partial charge in [0, 0.05) is 18.4 Å². The minimum atomic E-state index is 0.207. The first-order valence-corrected chi connectivity index (χ1v) is 5.71. The summed E-state index contributed by atoms with van der Waals surface area (Å²) in [6.07, 6.45) is 7.50. The predicted octanol–water partition coefficient (Wildman–Crippen LogP) is 2.95. The lowest BCUT2D eigenvalue weighted by Crippen LogP contribution is -2.25. The number of hydrogen-bond donors (Lipinski definition) is 0. The average Bonchev–Trinajstić information content (AvgIpc) is 2.31. The highest BCUT2D eigenvalue weighted by atomic mass is 16.5. The van der Waals surface area contributed by atoms with Gasteiger partial charge >= 0.3 is 0 Å². The zero-order valence-corrected chi connectivity index (χ0v) is 8.93. The minimum absolute atomic E-state index is 0.207. The van der Waals surface area contributed by atoms with Gasteiger partial charge in [-0.3, -0.25) is 0 Å². The molecule has 0 radical (unpaired) electrons. The van der Waals surface area contributed by atoms with Crippen LogP contribution in [0, 0.1) is 5.21 Å². The highest BCUT2D eigenvalue weighted by Crippen LogP contribution is 2.19. The van der Waals surface area contributed by atoms with Crippen LogP contribution in [0.25, 0.3) is 0 Å². The van der Waals surface area contributed by atoms with E-state index in [0.717, 1.165) is 23.1 Å². The van der Waals surface area contributed by atoms with Crippen molar-refractivity contribution in [3.8, 4) is 0 Å². The first-order valence-electron chi connectivity index (χ1n) is 5.71. The van der Waals surface area contributed by atoms with Crippen LogP contribution in [0.3, 0.4) is 0 Å². The minimum Gasteiger partial charge on any atom is -0.624 e. The maximum atomic E-state index is 11.8. The molecule has 0 N–H and O–H groups in total. The van der Waals surface area contributed by atoms with Crippen LogP contribution in [0.5, 0.6) is 0 Å². The Balaban J connectivity index is 2.06. The molecule has 1 saturated carbocycles. The highest BCUT2D eigenvalue weighted by molar-refractivity contribution is 5.75. The highest BCUT2D eigenvalue weighted by Gasteiger charge is 2.19. The normalized spacial score (nSPS) is 19.1. The third-order valence-corrected chi connectivity index (χ3v) is 3.01. The van der Waals surface area contributed by atoms with Gasteiger partial charge in [-0.05, 0) is 25.0 Å². The van der Waals surface area contributed by atoms with E-state index in [1.807, 2.05) is 30.3 Å². The Morgan fingerprint density at radius 3 is 2.40 bits per heavy atom. The second-order valence-electron chi connectivity index (χ2n) is 4.19. The second kappa shape index (κ2) is 4.96. The van der Waals surface area contributed by atoms with Gasteiger partial charge in [-0.1, -0.05) is 24.6 Å². The summed E-state index contributed by atoms with van der Waals surface area (Å²) in [5.41, 5.74) is 0.998. The molecule has 1 aromatic carbocycles. The van der Waals surface area contributed by atoms with E-state index in [0.29, 0.717) is 0 Å². The summed E-state index contributed by atoms with van der Waals surface area (Å²) in [5.74, 6) is 0. The molecule has 0 atom stereocenters. The summed E-state index contributed by atoms with van der Waals surface area (Å²) < 4.78 is 1.15. The van der Waals surface area contributed by atoms with Gasteiger partial charge in [0.25, 0.3) is 0 Å². The summed E-state index contributed by atoms with van der Waals surface area (Å²) in [4.78, 5) is 0. The van der Waals surface area contributed by atoms with E-state index in [2.05, 4.69) is 0 Å². The quantitative estimate of drug-likeness (QED) is 0.314. The molecular weight excluding hydrogens is 186 g/mol. The summed E-state index contributed by atoms with van der Waals surface area (Å²) in [7, 11) is 0. The first kappa shape index (κ1) is 10.2. The van der Waals surface area contributed by atoms with Crippen LogP contribution in [0.1, 0.15) is 37.7 Å². The number of benzene rings is 1. The van der Waals surface area contributed by atoms with E-state index in [1.54, 1.807) is 6.21 Å². The fraction of sp³-hybridized carbons (Fsp3) is 0.462. The number of hydrogen-bond acceptors (Lipinski definition) is 1. The average molecular weight is 203 g/mol. The number of hydroxylamine groups is 1. The van der Waals surface area contributed by atoms with Crippen LogP contribution in [0.4, 0.5) is 0 Å². The van der Waals surface area contributed by atoms with Gasteiger partial charge in [-0.25, -0.2) is 4.74 Å². The van der Waals surface area contributed by atoms with Crippen molar-refractivity contribution < 1.29 is 4.74 Å². The molecule has 0 spiro atoms. The monoisotopic (exact) mass is 203 g/mol. The molecule has 1 fully saturated rings. The zero-order chi connectivity index (χ0) is 10.5. The van der Waals surface area contributed by atoms with Crippen LogP contribution in [0.15, 0.2) is 30.3 Å². The smallest absolute Gasteiger partial charge is 0.182 e. The van der Waals surface area contributed by atoms with E-state index in [9.17, 15) is 5.21 Å². The van der Waals surface area contributed by atoms with E-state index >= 15 is 0 Å². The van der Waals surface area contributed by atoms with Crippen molar-refractivity contribution in [1.29, 1.82) is 0 Å². The molecule has 0 heterocycles. The lowest BCUT2D eigenvalue weighted by atomic mass is 9.96. The third kappa shape index (κ3) is 2.82. The molecular formula is C13H17NO. The molecule has 80 valence electrons. The molecule has 0 aromatic heterocycles. The molecule has 1 aliphatic rings. The lowest BCUT2D eigenvalue weighted by Gasteiger charge is -2.20. The van der Waals surface area contributed by atoms with Gasteiger partial charge in [0.1, 0.15) is 0 Å². The Bertz CT molecular complexity index is 326. The molecule has 0 bridgehead atoms. The summed E-state index contributed by atoms with van der Waals surface area (Å²) >= 11 is 0. The van der Waals surface area contributed by atoms with Crippen LogP contribution >= 0.6 is 0 Å². The Labute approximate surface area is 90.8 Å². The summed E-state index contributed by atoms with van der Waals surface area (Å²) in [6.45, 7) is 0. The van der Waals surface area contributed by atoms with E-state index in [4.69, 9.17) is 0 Å². The molecule has 2 rings (SSSR count). The van der Waals surface area contributed by atoms with E-state index in [1.165, 1.54) is 19.3 Å².